The lowest BCUT2D eigenvalue weighted by Crippen LogP contribution is -2.48. The number of hydrogen-bond donors (Lipinski definition) is 1. The van der Waals surface area contributed by atoms with Crippen molar-refractivity contribution in [1.82, 2.24) is 9.80 Å². The molecule has 4 rings (SSSR count). The first-order valence-corrected chi connectivity index (χ1v) is 11.0. The molecule has 0 saturated carbocycles. The molecule has 0 radical (unpaired) electrons. The number of hydrogen-bond acceptors (Lipinski definition) is 5. The Morgan fingerprint density at radius 2 is 1.65 bits per heavy atom. The van der Waals surface area contributed by atoms with Crippen LogP contribution in [0, 0.1) is 5.82 Å². The van der Waals surface area contributed by atoms with Gasteiger partial charge in [-0.3, -0.25) is 14.6 Å². The fourth-order valence-electron chi connectivity index (χ4n) is 4.35. The average molecular weight is 427 g/mol. The third-order valence-corrected chi connectivity index (χ3v) is 6.09. The van der Waals surface area contributed by atoms with Crippen LogP contribution in [0.15, 0.2) is 42.5 Å². The molecule has 2 aliphatic rings. The number of carbonyl (C=O) groups excluding carboxylic acids is 1. The highest BCUT2D eigenvalue weighted by Gasteiger charge is 2.20. The van der Waals surface area contributed by atoms with E-state index in [0.717, 1.165) is 50.5 Å². The number of halogens is 1. The van der Waals surface area contributed by atoms with Crippen LogP contribution < -0.4 is 15.0 Å². The fourth-order valence-corrected chi connectivity index (χ4v) is 4.35. The summed E-state index contributed by atoms with van der Waals surface area (Å²) in [6, 6.07) is 12.8. The number of piperazine rings is 1. The lowest BCUT2D eigenvalue weighted by atomic mass is 10.1. The van der Waals surface area contributed by atoms with E-state index in [2.05, 4.69) is 32.1 Å². The molecule has 2 fully saturated rings. The molecule has 31 heavy (non-hydrogen) atoms. The summed E-state index contributed by atoms with van der Waals surface area (Å²) < 4.78 is 18.9. The van der Waals surface area contributed by atoms with Crippen molar-refractivity contribution in [2.45, 2.75) is 19.4 Å². The van der Waals surface area contributed by atoms with Crippen LogP contribution in [0.25, 0.3) is 0 Å². The average Bonchev–Trinajstić information content (AvgIpc) is 3.31. The van der Waals surface area contributed by atoms with Gasteiger partial charge in [-0.25, -0.2) is 4.39 Å². The highest BCUT2D eigenvalue weighted by Crippen LogP contribution is 2.23. The Kier molecular flexibility index (Phi) is 7.04. The Morgan fingerprint density at radius 1 is 0.968 bits per heavy atom. The van der Waals surface area contributed by atoms with Gasteiger partial charge in [0.1, 0.15) is 11.6 Å². The molecule has 2 saturated heterocycles. The van der Waals surface area contributed by atoms with E-state index in [0.29, 0.717) is 18.8 Å². The fraction of sp³-hybridized carbons (Fsp3) is 0.458. The van der Waals surface area contributed by atoms with Crippen molar-refractivity contribution in [2.75, 3.05) is 63.1 Å². The molecule has 166 valence electrons. The largest absolute Gasteiger partial charge is 0.496 e. The van der Waals surface area contributed by atoms with E-state index in [4.69, 9.17) is 4.74 Å². The molecule has 1 amide bonds. The Balaban J connectivity index is 1.22. The first kappa shape index (κ1) is 21.6. The molecule has 7 heteroatoms. The predicted molar refractivity (Wildman–Crippen MR) is 121 cm³/mol. The zero-order valence-corrected chi connectivity index (χ0v) is 18.1. The smallest absolute Gasteiger partial charge is 0.238 e. The molecule has 2 aliphatic heterocycles. The topological polar surface area (TPSA) is 48.1 Å². The number of nitrogens with one attached hydrogen (secondary N) is 1. The zero-order valence-electron chi connectivity index (χ0n) is 18.1. The van der Waals surface area contributed by atoms with Gasteiger partial charge >= 0.3 is 0 Å². The number of methoxy groups -OCH3 is 1. The number of ether oxygens (including phenoxy) is 1. The van der Waals surface area contributed by atoms with Crippen molar-refractivity contribution in [3.05, 3.63) is 53.8 Å². The quantitative estimate of drug-likeness (QED) is 0.737. The maximum atomic E-state index is 13.6. The van der Waals surface area contributed by atoms with Gasteiger partial charge in [0.05, 0.1) is 13.7 Å². The Morgan fingerprint density at radius 3 is 2.32 bits per heavy atom. The SMILES string of the molecule is COc1ccc(F)cc1CN1CCN(CC(=O)Nc2ccc(N3CCCC3)cc2)CC1. The van der Waals surface area contributed by atoms with Crippen LogP contribution >= 0.6 is 0 Å². The summed E-state index contributed by atoms with van der Waals surface area (Å²) in [6.45, 7) is 6.52. The van der Waals surface area contributed by atoms with Crippen LogP contribution in [0.4, 0.5) is 15.8 Å². The third kappa shape index (κ3) is 5.74. The normalized spacial score (nSPS) is 17.7. The molecule has 0 atom stereocenters. The lowest BCUT2D eigenvalue weighted by Gasteiger charge is -2.34. The van der Waals surface area contributed by atoms with Crippen molar-refractivity contribution < 1.29 is 13.9 Å². The molecular weight excluding hydrogens is 395 g/mol. The Labute approximate surface area is 183 Å². The standard InChI is InChI=1S/C24H31FN4O2/c1-31-23-9-4-20(25)16-19(23)17-27-12-14-28(15-13-27)18-24(30)26-21-5-7-22(8-6-21)29-10-2-3-11-29/h4-9,16H,2-3,10-15,17-18H2,1H3,(H,26,30). The second-order valence-corrected chi connectivity index (χ2v) is 8.30. The van der Waals surface area contributed by atoms with Crippen LogP contribution in [0.1, 0.15) is 18.4 Å². The van der Waals surface area contributed by atoms with Crippen LogP contribution in [0.2, 0.25) is 0 Å². The minimum atomic E-state index is -0.250. The summed E-state index contributed by atoms with van der Waals surface area (Å²) in [5.74, 6) is 0.465. The Bertz CT molecular complexity index is 876. The van der Waals surface area contributed by atoms with Crippen molar-refractivity contribution in [3.63, 3.8) is 0 Å². The first-order valence-electron chi connectivity index (χ1n) is 11.0. The molecule has 6 nitrogen and oxygen atoms in total. The molecule has 0 bridgehead atoms. The van der Waals surface area contributed by atoms with Gasteiger partial charge in [0.15, 0.2) is 0 Å². The minimum Gasteiger partial charge on any atom is -0.496 e. The number of anilines is 2. The number of benzene rings is 2. The van der Waals surface area contributed by atoms with Gasteiger partial charge in [0.2, 0.25) is 5.91 Å². The van der Waals surface area contributed by atoms with Gasteiger partial charge < -0.3 is 15.0 Å². The molecule has 0 spiro atoms. The molecule has 0 aromatic heterocycles. The number of nitrogens with zero attached hydrogens (tertiary/aromatic N) is 3. The van der Waals surface area contributed by atoms with Gasteiger partial charge in [-0.1, -0.05) is 0 Å². The zero-order chi connectivity index (χ0) is 21.6. The van der Waals surface area contributed by atoms with Crippen molar-refractivity contribution >= 4 is 17.3 Å². The number of rotatable bonds is 7. The maximum Gasteiger partial charge on any atom is 0.238 e. The highest BCUT2D eigenvalue weighted by atomic mass is 19.1. The second kappa shape index (κ2) is 10.1. The van der Waals surface area contributed by atoms with E-state index in [-0.39, 0.29) is 11.7 Å². The van der Waals surface area contributed by atoms with E-state index in [1.165, 1.54) is 30.7 Å². The first-order chi connectivity index (χ1) is 15.1. The summed E-state index contributed by atoms with van der Waals surface area (Å²) >= 11 is 0. The third-order valence-electron chi connectivity index (χ3n) is 6.09. The maximum absolute atomic E-state index is 13.6. The summed E-state index contributed by atoms with van der Waals surface area (Å²) in [6.07, 6.45) is 2.50. The van der Waals surface area contributed by atoms with E-state index in [9.17, 15) is 9.18 Å². The molecule has 2 aromatic rings. The Hall–Kier alpha value is -2.64. The van der Waals surface area contributed by atoms with Crippen LogP contribution in [0.5, 0.6) is 5.75 Å². The van der Waals surface area contributed by atoms with Gasteiger partial charge in [-0.05, 0) is 55.3 Å². The van der Waals surface area contributed by atoms with Crippen molar-refractivity contribution in [3.8, 4) is 5.75 Å². The summed E-state index contributed by atoms with van der Waals surface area (Å²) in [4.78, 5) is 19.3. The molecule has 2 heterocycles. The van der Waals surface area contributed by atoms with Gasteiger partial charge in [0.25, 0.3) is 0 Å². The molecule has 0 aliphatic carbocycles. The number of carbonyl (C=O) groups is 1. The van der Waals surface area contributed by atoms with E-state index < -0.39 is 0 Å². The summed E-state index contributed by atoms with van der Waals surface area (Å²) in [5, 5.41) is 3.01. The molecule has 2 aromatic carbocycles. The predicted octanol–water partition coefficient (Wildman–Crippen LogP) is 3.19. The lowest BCUT2D eigenvalue weighted by molar-refractivity contribution is -0.117. The van der Waals surface area contributed by atoms with Crippen LogP contribution in [-0.4, -0.2) is 68.6 Å². The monoisotopic (exact) mass is 426 g/mol. The summed E-state index contributed by atoms with van der Waals surface area (Å²) in [5.41, 5.74) is 2.91. The van der Waals surface area contributed by atoms with Gasteiger partial charge in [0, 0.05) is 62.8 Å². The second-order valence-electron chi connectivity index (χ2n) is 8.30. The van der Waals surface area contributed by atoms with E-state index >= 15 is 0 Å². The van der Waals surface area contributed by atoms with Crippen LogP contribution in [-0.2, 0) is 11.3 Å². The van der Waals surface area contributed by atoms with Crippen molar-refractivity contribution in [1.29, 1.82) is 0 Å². The molecule has 0 unspecified atom stereocenters. The molecule has 1 N–H and O–H groups in total. The van der Waals surface area contributed by atoms with Crippen LogP contribution in [0.3, 0.4) is 0 Å². The summed E-state index contributed by atoms with van der Waals surface area (Å²) in [7, 11) is 1.60. The minimum absolute atomic E-state index is 0.00849. The van der Waals surface area contributed by atoms with E-state index in [1.807, 2.05) is 12.1 Å². The van der Waals surface area contributed by atoms with Crippen molar-refractivity contribution in [2.24, 2.45) is 0 Å². The number of amides is 1. The highest BCUT2D eigenvalue weighted by molar-refractivity contribution is 5.92. The van der Waals surface area contributed by atoms with Gasteiger partial charge in [-0.2, -0.15) is 0 Å². The van der Waals surface area contributed by atoms with Gasteiger partial charge in [-0.15, -0.1) is 0 Å². The molecular formula is C24H31FN4O2. The van der Waals surface area contributed by atoms with E-state index in [1.54, 1.807) is 13.2 Å².